The molecule has 0 aromatic carbocycles. The number of amidine groups is 2. The minimum absolute atomic E-state index is 0. The Morgan fingerprint density at radius 2 is 1.35 bits per heavy atom. The van der Waals surface area contributed by atoms with Gasteiger partial charge >= 0.3 is 0 Å². The van der Waals surface area contributed by atoms with E-state index >= 15 is 0 Å². The van der Waals surface area contributed by atoms with E-state index in [0.29, 0.717) is 13.1 Å². The summed E-state index contributed by atoms with van der Waals surface area (Å²) >= 11 is 9.29. The van der Waals surface area contributed by atoms with Gasteiger partial charge in [-0.05, 0) is 12.1 Å². The molecule has 1 rings (SSSR count). The van der Waals surface area contributed by atoms with Crippen LogP contribution in [0.2, 0.25) is 0 Å². The third-order valence-corrected chi connectivity index (χ3v) is 2.98. The summed E-state index contributed by atoms with van der Waals surface area (Å²) in [5.41, 5.74) is 0. The zero-order valence-electron chi connectivity index (χ0n) is 8.69. The first-order chi connectivity index (χ1) is 7.08. The number of hydrogen-bond acceptors (Lipinski definition) is 3. The van der Waals surface area contributed by atoms with E-state index in [2.05, 4.69) is 35.9 Å². The van der Waals surface area contributed by atoms with Crippen LogP contribution in [-0.4, -0.2) is 10.3 Å². The highest BCUT2D eigenvalue weighted by Gasteiger charge is 2.00. The van der Waals surface area contributed by atoms with Gasteiger partial charge in [0.1, 0.15) is 0 Å². The molecule has 4 nitrogen and oxygen atoms in total. The van der Waals surface area contributed by atoms with Gasteiger partial charge in [-0.3, -0.25) is 10.8 Å². The van der Waals surface area contributed by atoms with Crippen LogP contribution in [0.1, 0.15) is 9.75 Å². The average Bonchev–Trinajstić information content (AvgIpc) is 2.59. The molecule has 0 amide bonds. The van der Waals surface area contributed by atoms with Crippen molar-refractivity contribution in [3.05, 3.63) is 21.9 Å². The molecule has 0 aliphatic carbocycles. The van der Waals surface area contributed by atoms with Crippen LogP contribution in [0.4, 0.5) is 0 Å². The van der Waals surface area contributed by atoms with Crippen LogP contribution in [0, 0.1) is 10.8 Å². The molecule has 9 heteroatoms. The van der Waals surface area contributed by atoms with Crippen LogP contribution < -0.4 is 10.6 Å². The minimum atomic E-state index is 0. The normalized spacial score (nSPS) is 8.59. The van der Waals surface area contributed by atoms with Gasteiger partial charge in [-0.15, -0.1) is 61.4 Å². The summed E-state index contributed by atoms with van der Waals surface area (Å²) in [4.78, 5) is 2.27. The first-order valence-corrected chi connectivity index (χ1v) is 5.89. The van der Waals surface area contributed by atoms with Crippen molar-refractivity contribution in [2.75, 3.05) is 0 Å². The summed E-state index contributed by atoms with van der Waals surface area (Å²) in [6, 6.07) is 3.99. The lowest BCUT2D eigenvalue weighted by Crippen LogP contribution is -2.16. The molecule has 0 spiro atoms. The van der Waals surface area contributed by atoms with Crippen LogP contribution >= 0.6 is 61.4 Å². The molecule has 98 valence electrons. The molecule has 0 aliphatic rings. The molecular formula is C8H14Cl2N4S3. The Hall–Kier alpha value is -0.0800. The molecule has 0 aliphatic heterocycles. The van der Waals surface area contributed by atoms with Crippen molar-refractivity contribution in [3.63, 3.8) is 0 Å². The first kappa shape index (κ1) is 19.3. The highest BCUT2D eigenvalue weighted by molar-refractivity contribution is 7.96. The smallest absolute Gasteiger partial charge is 0.150 e. The summed E-state index contributed by atoms with van der Waals surface area (Å²) in [5, 5.41) is 20.2. The van der Waals surface area contributed by atoms with E-state index in [1.165, 1.54) is 0 Å². The van der Waals surface area contributed by atoms with E-state index < -0.39 is 0 Å². The Labute approximate surface area is 128 Å². The number of rotatable bonds is 4. The van der Waals surface area contributed by atoms with E-state index in [1.54, 1.807) is 11.3 Å². The minimum Gasteiger partial charge on any atom is -0.360 e. The largest absolute Gasteiger partial charge is 0.360 e. The Kier molecular flexibility index (Phi) is 11.2. The fourth-order valence-electron chi connectivity index (χ4n) is 0.954. The summed E-state index contributed by atoms with van der Waals surface area (Å²) in [5.74, 6) is 0. The van der Waals surface area contributed by atoms with E-state index in [0.717, 1.165) is 9.75 Å². The van der Waals surface area contributed by atoms with Crippen molar-refractivity contribution in [1.29, 1.82) is 10.8 Å². The molecule has 0 radical (unpaired) electrons. The van der Waals surface area contributed by atoms with E-state index in [1.807, 2.05) is 12.1 Å². The molecule has 0 atom stereocenters. The summed E-state index contributed by atoms with van der Waals surface area (Å²) < 4.78 is 0. The zero-order chi connectivity index (χ0) is 11.3. The van der Waals surface area contributed by atoms with Crippen LogP contribution in [0.15, 0.2) is 12.1 Å². The molecule has 0 fully saturated rings. The number of thiophene rings is 1. The Balaban J connectivity index is 0. The third-order valence-electron chi connectivity index (χ3n) is 1.58. The van der Waals surface area contributed by atoms with Crippen molar-refractivity contribution >= 4 is 71.7 Å². The van der Waals surface area contributed by atoms with Gasteiger partial charge in [0.15, 0.2) is 10.3 Å². The van der Waals surface area contributed by atoms with Gasteiger partial charge in [0.2, 0.25) is 0 Å². The lowest BCUT2D eigenvalue weighted by molar-refractivity contribution is 0.942. The zero-order valence-corrected chi connectivity index (χ0v) is 12.9. The molecule has 0 saturated carbocycles. The average molecular weight is 333 g/mol. The van der Waals surface area contributed by atoms with Gasteiger partial charge in [-0.25, -0.2) is 0 Å². The lowest BCUT2D eigenvalue weighted by Gasteiger charge is -2.00. The number of halogens is 2. The number of hydrogen-bond donors (Lipinski definition) is 6. The monoisotopic (exact) mass is 332 g/mol. The summed E-state index contributed by atoms with van der Waals surface area (Å²) in [7, 11) is 0. The summed E-state index contributed by atoms with van der Waals surface area (Å²) in [6.45, 7) is 1.23. The fourth-order valence-corrected chi connectivity index (χ4v) is 2.01. The van der Waals surface area contributed by atoms with Crippen LogP contribution in [-0.2, 0) is 13.1 Å². The summed E-state index contributed by atoms with van der Waals surface area (Å²) in [6.07, 6.45) is 0. The molecular weight excluding hydrogens is 319 g/mol. The second-order valence-corrected chi connectivity index (χ2v) is 4.92. The number of thiol groups is 2. The molecule has 0 unspecified atom stereocenters. The SMILES string of the molecule is Cl.Cl.N=C(S)NCc1ccc(CNC(=N)S)s1. The standard InChI is InChI=1S/C8H12N4S3.2ClH/c9-7(13)11-3-5-1-2-6(15-5)4-12-8(10)14;;/h1-2H,3-4H2,(H3,9,11,13)(H3,10,12,14);2*1H. The molecule has 4 N–H and O–H groups in total. The van der Waals surface area contributed by atoms with Crippen molar-refractivity contribution in [2.24, 2.45) is 0 Å². The van der Waals surface area contributed by atoms with Crippen LogP contribution in [0.3, 0.4) is 0 Å². The maximum atomic E-state index is 7.09. The molecule has 0 saturated heterocycles. The topological polar surface area (TPSA) is 71.8 Å². The highest BCUT2D eigenvalue weighted by atomic mass is 35.5. The molecule has 1 aromatic heterocycles. The second kappa shape index (κ2) is 9.90. The molecule has 1 aromatic rings. The molecule has 0 bridgehead atoms. The maximum absolute atomic E-state index is 7.09. The fraction of sp³-hybridized carbons (Fsp3) is 0.250. The van der Waals surface area contributed by atoms with E-state index in [4.69, 9.17) is 10.8 Å². The lowest BCUT2D eigenvalue weighted by atomic mass is 10.4. The Morgan fingerprint density at radius 3 is 1.65 bits per heavy atom. The van der Waals surface area contributed by atoms with Gasteiger partial charge in [0, 0.05) is 9.75 Å². The predicted octanol–water partition coefficient (Wildman–Crippen LogP) is 2.50. The Bertz CT molecular complexity index is 337. The van der Waals surface area contributed by atoms with E-state index in [9.17, 15) is 0 Å². The van der Waals surface area contributed by atoms with Gasteiger partial charge in [0.25, 0.3) is 0 Å². The number of nitrogens with one attached hydrogen (secondary N) is 4. The van der Waals surface area contributed by atoms with Crippen LogP contribution in [0.5, 0.6) is 0 Å². The third kappa shape index (κ3) is 8.62. The van der Waals surface area contributed by atoms with Gasteiger partial charge in [-0.1, -0.05) is 0 Å². The first-order valence-electron chi connectivity index (χ1n) is 4.18. The van der Waals surface area contributed by atoms with Crippen molar-refractivity contribution in [1.82, 2.24) is 10.6 Å². The van der Waals surface area contributed by atoms with Gasteiger partial charge < -0.3 is 10.6 Å². The van der Waals surface area contributed by atoms with Crippen LogP contribution in [0.25, 0.3) is 0 Å². The van der Waals surface area contributed by atoms with Gasteiger partial charge in [0.05, 0.1) is 13.1 Å². The Morgan fingerprint density at radius 1 is 1.00 bits per heavy atom. The van der Waals surface area contributed by atoms with Crippen molar-refractivity contribution in [2.45, 2.75) is 13.1 Å². The molecule has 1 heterocycles. The van der Waals surface area contributed by atoms with Gasteiger partial charge in [-0.2, -0.15) is 0 Å². The predicted molar refractivity (Wildman–Crippen MR) is 85.9 cm³/mol. The molecule has 17 heavy (non-hydrogen) atoms. The van der Waals surface area contributed by atoms with Crippen molar-refractivity contribution < 1.29 is 0 Å². The second-order valence-electron chi connectivity index (χ2n) is 2.77. The van der Waals surface area contributed by atoms with E-state index in [-0.39, 0.29) is 35.1 Å². The maximum Gasteiger partial charge on any atom is 0.150 e. The highest BCUT2D eigenvalue weighted by Crippen LogP contribution is 2.16. The van der Waals surface area contributed by atoms with Crippen molar-refractivity contribution in [3.8, 4) is 0 Å². The quantitative estimate of drug-likeness (QED) is 0.291.